The van der Waals surface area contributed by atoms with Crippen LogP contribution in [-0.2, 0) is 0 Å². The van der Waals surface area contributed by atoms with Crippen molar-refractivity contribution in [3.05, 3.63) is 23.6 Å². The van der Waals surface area contributed by atoms with Crippen molar-refractivity contribution < 1.29 is 19.4 Å². The second kappa shape index (κ2) is 5.97. The Kier molecular flexibility index (Phi) is 4.31. The van der Waals surface area contributed by atoms with E-state index in [1.165, 1.54) is 6.20 Å². The van der Waals surface area contributed by atoms with E-state index in [9.17, 15) is 14.3 Å². The Morgan fingerprint density at radius 1 is 1.37 bits per heavy atom. The lowest BCUT2D eigenvalue weighted by Gasteiger charge is -2.22. The first kappa shape index (κ1) is 13.7. The fourth-order valence-electron chi connectivity index (χ4n) is 2.34. The molecule has 5 nitrogen and oxygen atoms in total. The predicted octanol–water partition coefficient (Wildman–Crippen LogP) is 2.02. The first-order chi connectivity index (χ1) is 9.09. The molecule has 1 aromatic rings. The number of aromatic nitrogens is 1. The zero-order valence-corrected chi connectivity index (χ0v) is 10.5. The number of aliphatic hydroxyl groups is 1. The van der Waals surface area contributed by atoms with E-state index in [0.717, 1.165) is 31.7 Å². The molecule has 1 saturated carbocycles. The number of nitrogens with zero attached hydrogens (tertiary/aromatic N) is 1. The average molecular weight is 268 g/mol. The number of carbonyl (C=O) groups is 1. The molecule has 2 unspecified atom stereocenters. The number of rotatable bonds is 3. The van der Waals surface area contributed by atoms with Gasteiger partial charge < -0.3 is 15.5 Å². The zero-order valence-electron chi connectivity index (χ0n) is 10.5. The van der Waals surface area contributed by atoms with Crippen LogP contribution < -0.4 is 5.32 Å². The van der Waals surface area contributed by atoms with E-state index in [2.05, 4.69) is 10.3 Å². The molecule has 1 fully saturated rings. The van der Waals surface area contributed by atoms with E-state index >= 15 is 0 Å². The highest BCUT2D eigenvalue weighted by Gasteiger charge is 2.24. The van der Waals surface area contributed by atoms with Gasteiger partial charge in [0.1, 0.15) is 5.56 Å². The number of carboxylic acids is 1. The standard InChI is InChI=1S/C13H17FN2O3/c14-11-8(13(18)19)6-7-15-12(11)16-9-4-2-1-3-5-10(9)17/h6-7,9-10,17H,1-5H2,(H,15,16)(H,18,19). The molecule has 0 aromatic carbocycles. The molecule has 6 heteroatoms. The van der Waals surface area contributed by atoms with Crippen LogP contribution in [0.15, 0.2) is 12.3 Å². The number of hydrogen-bond acceptors (Lipinski definition) is 4. The van der Waals surface area contributed by atoms with Crippen LogP contribution in [0.2, 0.25) is 0 Å². The number of halogens is 1. The van der Waals surface area contributed by atoms with Crippen LogP contribution in [0.4, 0.5) is 10.2 Å². The highest BCUT2D eigenvalue weighted by Crippen LogP contribution is 2.23. The summed E-state index contributed by atoms with van der Waals surface area (Å²) in [5, 5.41) is 21.6. The Bertz CT molecular complexity index is 467. The molecule has 1 heterocycles. The molecule has 0 spiro atoms. The number of hydrogen-bond donors (Lipinski definition) is 3. The third kappa shape index (κ3) is 3.20. The molecular weight excluding hydrogens is 251 g/mol. The minimum Gasteiger partial charge on any atom is -0.478 e. The lowest BCUT2D eigenvalue weighted by molar-refractivity contribution is 0.0692. The molecule has 19 heavy (non-hydrogen) atoms. The Hall–Kier alpha value is -1.69. The third-order valence-corrected chi connectivity index (χ3v) is 3.42. The Morgan fingerprint density at radius 2 is 2.11 bits per heavy atom. The SMILES string of the molecule is O=C(O)c1ccnc(NC2CCCCCC2O)c1F. The van der Waals surface area contributed by atoms with Gasteiger partial charge in [-0.05, 0) is 18.9 Å². The smallest absolute Gasteiger partial charge is 0.338 e. The second-order valence-electron chi connectivity index (χ2n) is 4.78. The molecule has 0 bridgehead atoms. The summed E-state index contributed by atoms with van der Waals surface area (Å²) >= 11 is 0. The fourth-order valence-corrected chi connectivity index (χ4v) is 2.34. The summed E-state index contributed by atoms with van der Waals surface area (Å²) in [5.74, 6) is -2.32. The predicted molar refractivity (Wildman–Crippen MR) is 67.7 cm³/mol. The first-order valence-corrected chi connectivity index (χ1v) is 6.42. The quantitative estimate of drug-likeness (QED) is 0.731. The molecular formula is C13H17FN2O3. The molecule has 0 saturated heterocycles. The van der Waals surface area contributed by atoms with Gasteiger partial charge in [0.2, 0.25) is 0 Å². The van der Waals surface area contributed by atoms with Gasteiger partial charge in [0.15, 0.2) is 11.6 Å². The molecule has 0 radical (unpaired) electrons. The number of carboxylic acid groups (broad SMARTS) is 1. The average Bonchev–Trinajstić information content (AvgIpc) is 2.57. The fraction of sp³-hybridized carbons (Fsp3) is 0.538. The summed E-state index contributed by atoms with van der Waals surface area (Å²) in [6, 6.07) is 0.834. The summed E-state index contributed by atoms with van der Waals surface area (Å²) in [5.41, 5.74) is -0.416. The third-order valence-electron chi connectivity index (χ3n) is 3.42. The van der Waals surface area contributed by atoms with Crippen LogP contribution in [0.3, 0.4) is 0 Å². The molecule has 1 aliphatic carbocycles. The van der Waals surface area contributed by atoms with E-state index in [-0.39, 0.29) is 11.9 Å². The van der Waals surface area contributed by atoms with E-state index in [4.69, 9.17) is 5.11 Å². The van der Waals surface area contributed by atoms with E-state index in [0.29, 0.717) is 6.42 Å². The molecule has 2 atom stereocenters. The van der Waals surface area contributed by atoms with Crippen molar-refractivity contribution in [2.75, 3.05) is 5.32 Å². The van der Waals surface area contributed by atoms with Crippen molar-refractivity contribution in [1.29, 1.82) is 0 Å². The van der Waals surface area contributed by atoms with Gasteiger partial charge in [-0.1, -0.05) is 19.3 Å². The van der Waals surface area contributed by atoms with Crippen LogP contribution in [0.1, 0.15) is 42.5 Å². The van der Waals surface area contributed by atoms with Crippen LogP contribution >= 0.6 is 0 Å². The normalized spacial score (nSPS) is 23.7. The van der Waals surface area contributed by atoms with Gasteiger partial charge in [0, 0.05) is 6.20 Å². The Labute approximate surface area is 110 Å². The minimum atomic E-state index is -1.33. The molecule has 0 amide bonds. The van der Waals surface area contributed by atoms with Crippen molar-refractivity contribution in [3.8, 4) is 0 Å². The van der Waals surface area contributed by atoms with Crippen LogP contribution in [-0.4, -0.2) is 33.3 Å². The minimum absolute atomic E-state index is 0.106. The van der Waals surface area contributed by atoms with Crippen LogP contribution in [0.5, 0.6) is 0 Å². The monoisotopic (exact) mass is 268 g/mol. The highest BCUT2D eigenvalue weighted by molar-refractivity contribution is 5.88. The number of anilines is 1. The van der Waals surface area contributed by atoms with Gasteiger partial charge in [-0.2, -0.15) is 0 Å². The summed E-state index contributed by atoms with van der Waals surface area (Å²) < 4.78 is 13.9. The largest absolute Gasteiger partial charge is 0.478 e. The molecule has 1 aliphatic rings. The number of aromatic carboxylic acids is 1. The van der Waals surface area contributed by atoms with Crippen LogP contribution in [0, 0.1) is 5.82 Å². The molecule has 2 rings (SSSR count). The maximum atomic E-state index is 13.9. The van der Waals surface area contributed by atoms with Gasteiger partial charge in [-0.25, -0.2) is 14.2 Å². The maximum Gasteiger partial charge on any atom is 0.338 e. The van der Waals surface area contributed by atoms with Crippen molar-refractivity contribution in [2.45, 2.75) is 44.2 Å². The highest BCUT2D eigenvalue weighted by atomic mass is 19.1. The lowest BCUT2D eigenvalue weighted by Crippen LogP contribution is -2.33. The zero-order chi connectivity index (χ0) is 13.8. The number of nitrogens with one attached hydrogen (secondary N) is 1. The van der Waals surface area contributed by atoms with Gasteiger partial charge in [-0.15, -0.1) is 0 Å². The van der Waals surface area contributed by atoms with Gasteiger partial charge >= 0.3 is 5.97 Å². The number of pyridine rings is 1. The number of aliphatic hydroxyl groups excluding tert-OH is 1. The lowest BCUT2D eigenvalue weighted by atomic mass is 10.1. The molecule has 104 valence electrons. The molecule has 0 aliphatic heterocycles. The topological polar surface area (TPSA) is 82.5 Å². The van der Waals surface area contributed by atoms with E-state index in [1.54, 1.807) is 0 Å². The van der Waals surface area contributed by atoms with Crippen molar-refractivity contribution >= 4 is 11.8 Å². The summed E-state index contributed by atoms with van der Waals surface area (Å²) in [6.45, 7) is 0. The van der Waals surface area contributed by atoms with Gasteiger partial charge in [0.25, 0.3) is 0 Å². The van der Waals surface area contributed by atoms with Gasteiger partial charge in [-0.3, -0.25) is 0 Å². The summed E-state index contributed by atoms with van der Waals surface area (Å²) in [6.07, 6.45) is 5.02. The van der Waals surface area contributed by atoms with Crippen molar-refractivity contribution in [2.24, 2.45) is 0 Å². The Morgan fingerprint density at radius 3 is 2.84 bits per heavy atom. The van der Waals surface area contributed by atoms with Gasteiger partial charge in [0.05, 0.1) is 12.1 Å². The van der Waals surface area contributed by atoms with E-state index in [1.807, 2.05) is 0 Å². The van der Waals surface area contributed by atoms with Crippen molar-refractivity contribution in [3.63, 3.8) is 0 Å². The second-order valence-corrected chi connectivity index (χ2v) is 4.78. The molecule has 3 N–H and O–H groups in total. The molecule has 1 aromatic heterocycles. The summed E-state index contributed by atoms with van der Waals surface area (Å²) in [7, 11) is 0. The van der Waals surface area contributed by atoms with Crippen molar-refractivity contribution in [1.82, 2.24) is 4.98 Å². The maximum absolute atomic E-state index is 13.9. The Balaban J connectivity index is 2.18. The van der Waals surface area contributed by atoms with E-state index < -0.39 is 23.5 Å². The van der Waals surface area contributed by atoms with Crippen LogP contribution in [0.25, 0.3) is 0 Å². The summed E-state index contributed by atoms with van der Waals surface area (Å²) in [4.78, 5) is 14.7. The first-order valence-electron chi connectivity index (χ1n) is 6.42.